The van der Waals surface area contributed by atoms with Gasteiger partial charge in [0.25, 0.3) is 5.69 Å². The lowest BCUT2D eigenvalue weighted by Crippen LogP contribution is -2.15. The first kappa shape index (κ1) is 15.9. The van der Waals surface area contributed by atoms with Gasteiger partial charge in [-0.05, 0) is 18.2 Å². The number of nitro benzene ring substituents is 1. The highest BCUT2D eigenvalue weighted by atomic mass is 32.3. The Morgan fingerprint density at radius 3 is 2.39 bits per heavy atom. The molecule has 3 rings (SSSR count). The first-order valence-corrected chi connectivity index (χ1v) is 9.83. The molecule has 1 aliphatic heterocycles. The van der Waals surface area contributed by atoms with Crippen molar-refractivity contribution in [2.24, 2.45) is 0 Å². The number of sulfone groups is 1. The zero-order chi connectivity index (χ0) is 16.8. The molecule has 9 heteroatoms. The number of rotatable bonds is 3. The van der Waals surface area contributed by atoms with Crippen LogP contribution >= 0.6 is 10.6 Å². The highest BCUT2D eigenvalue weighted by Crippen LogP contribution is 2.61. The van der Waals surface area contributed by atoms with E-state index in [0.717, 1.165) is 12.1 Å². The first-order valence-electron chi connectivity index (χ1n) is 6.57. The Bertz CT molecular complexity index is 879. The summed E-state index contributed by atoms with van der Waals surface area (Å²) in [6, 6.07) is 11.1. The molecule has 0 aromatic heterocycles. The molecule has 1 unspecified atom stereocenters. The predicted molar refractivity (Wildman–Crippen MR) is 85.4 cm³/mol. The van der Waals surface area contributed by atoms with Crippen LogP contribution in [0.3, 0.4) is 0 Å². The summed E-state index contributed by atoms with van der Waals surface area (Å²) in [6.45, 7) is 0. The lowest BCUT2D eigenvalue weighted by Gasteiger charge is -2.27. The Kier molecular flexibility index (Phi) is 3.68. The van der Waals surface area contributed by atoms with Gasteiger partial charge in [-0.3, -0.25) is 19.2 Å². The van der Waals surface area contributed by atoms with Crippen LogP contribution in [0, 0.1) is 10.1 Å². The lowest BCUT2D eigenvalue weighted by molar-refractivity contribution is -0.385. The number of fused-ring (bicyclic) bond motifs is 1. The Balaban J connectivity index is 2.18. The molecule has 1 atom stereocenters. The fourth-order valence-corrected chi connectivity index (χ4v) is 7.02. The molecule has 122 valence electrons. The Morgan fingerprint density at radius 2 is 1.78 bits per heavy atom. The second-order valence-electron chi connectivity index (χ2n) is 5.16. The normalized spacial score (nSPS) is 20.7. The van der Waals surface area contributed by atoms with Crippen LogP contribution in [0.5, 0.6) is 0 Å². The number of hydrogen-bond donors (Lipinski definition) is 2. The van der Waals surface area contributed by atoms with Gasteiger partial charge in [0.2, 0.25) is 0 Å². The van der Waals surface area contributed by atoms with Crippen LogP contribution in [-0.4, -0.2) is 28.2 Å². The summed E-state index contributed by atoms with van der Waals surface area (Å²) < 4.78 is 45.9. The van der Waals surface area contributed by atoms with Gasteiger partial charge in [0.05, 0.1) is 20.5 Å². The molecular weight excluding hydrogens is 342 g/mol. The maximum atomic E-state index is 12.8. The quantitative estimate of drug-likeness (QED) is 0.644. The van der Waals surface area contributed by atoms with Crippen molar-refractivity contribution < 1.29 is 22.4 Å². The van der Waals surface area contributed by atoms with Crippen molar-refractivity contribution >= 4 is 26.1 Å². The molecule has 1 aliphatic rings. The predicted octanol–water partition coefficient (Wildman–Crippen LogP) is 3.23. The number of nitro groups is 1. The Morgan fingerprint density at radius 1 is 1.13 bits per heavy atom. The van der Waals surface area contributed by atoms with Gasteiger partial charge in [0.15, 0.2) is 9.84 Å². The van der Waals surface area contributed by atoms with Crippen molar-refractivity contribution in [2.45, 2.75) is 15.0 Å². The summed E-state index contributed by atoms with van der Waals surface area (Å²) >= 11 is 0. The van der Waals surface area contributed by atoms with Crippen LogP contribution in [0.2, 0.25) is 0 Å². The van der Waals surface area contributed by atoms with E-state index in [4.69, 9.17) is 0 Å². The molecule has 7 nitrogen and oxygen atoms in total. The van der Waals surface area contributed by atoms with E-state index in [0.29, 0.717) is 0 Å². The summed E-state index contributed by atoms with van der Waals surface area (Å²) in [6.07, 6.45) is 0. The summed E-state index contributed by atoms with van der Waals surface area (Å²) in [5.74, 6) is -0.388. The van der Waals surface area contributed by atoms with Gasteiger partial charge in [0.1, 0.15) is 5.25 Å². The van der Waals surface area contributed by atoms with Gasteiger partial charge in [-0.15, -0.1) is 0 Å². The minimum Gasteiger partial charge on any atom is -0.295 e. The molecule has 2 aromatic rings. The van der Waals surface area contributed by atoms with E-state index in [-0.39, 0.29) is 26.8 Å². The van der Waals surface area contributed by atoms with Crippen LogP contribution in [0.15, 0.2) is 58.3 Å². The average molecular weight is 355 g/mol. The van der Waals surface area contributed by atoms with Crippen molar-refractivity contribution in [3.05, 3.63) is 64.2 Å². The first-order chi connectivity index (χ1) is 10.7. The second kappa shape index (κ2) is 5.31. The molecule has 0 amide bonds. The molecule has 0 radical (unpaired) electrons. The van der Waals surface area contributed by atoms with Crippen molar-refractivity contribution in [2.75, 3.05) is 5.75 Å². The van der Waals surface area contributed by atoms with Crippen molar-refractivity contribution in [3.8, 4) is 0 Å². The third kappa shape index (κ3) is 2.61. The fourth-order valence-electron chi connectivity index (χ4n) is 2.62. The molecule has 0 fully saturated rings. The largest absolute Gasteiger partial charge is 0.295 e. The Hall–Kier alpha value is -1.94. The molecule has 0 aliphatic carbocycles. The van der Waals surface area contributed by atoms with Crippen molar-refractivity contribution in [3.63, 3.8) is 0 Å². The third-order valence-electron chi connectivity index (χ3n) is 3.73. The van der Waals surface area contributed by atoms with E-state index < -0.39 is 30.6 Å². The van der Waals surface area contributed by atoms with Crippen LogP contribution in [0.4, 0.5) is 5.69 Å². The number of hydrogen-bond acceptors (Lipinski definition) is 6. The zero-order valence-electron chi connectivity index (χ0n) is 11.7. The van der Waals surface area contributed by atoms with E-state index in [9.17, 15) is 27.6 Å². The summed E-state index contributed by atoms with van der Waals surface area (Å²) in [7, 11) is -7.18. The Labute approximate surface area is 134 Å². The molecule has 0 spiro atoms. The van der Waals surface area contributed by atoms with E-state index in [1.54, 1.807) is 18.2 Å². The lowest BCUT2D eigenvalue weighted by atomic mass is 10.1. The van der Waals surface area contributed by atoms with Crippen molar-refractivity contribution in [1.29, 1.82) is 0 Å². The topological polar surface area (TPSA) is 118 Å². The van der Waals surface area contributed by atoms with E-state index in [1.807, 2.05) is 0 Å². The molecule has 1 heterocycles. The zero-order valence-corrected chi connectivity index (χ0v) is 13.3. The monoisotopic (exact) mass is 355 g/mol. The third-order valence-corrected chi connectivity index (χ3v) is 7.92. The molecule has 2 N–H and O–H groups in total. The second-order valence-corrected chi connectivity index (χ2v) is 9.40. The molecule has 2 aromatic carbocycles. The van der Waals surface area contributed by atoms with E-state index >= 15 is 0 Å². The summed E-state index contributed by atoms with van der Waals surface area (Å²) in [4.78, 5) is 10.4. The molecule has 0 saturated carbocycles. The minimum atomic E-state index is -3.89. The SMILES string of the molecule is O=[N+]([O-])c1ccc2c(c1)C(S(=O)(=O)c1ccccc1)CS2(O)O. The number of nitrogens with zero attached hydrogens (tertiary/aromatic N) is 1. The smallest absolute Gasteiger partial charge is 0.269 e. The van der Waals surface area contributed by atoms with Crippen LogP contribution in [0.25, 0.3) is 0 Å². The van der Waals surface area contributed by atoms with Crippen LogP contribution in [0.1, 0.15) is 10.8 Å². The van der Waals surface area contributed by atoms with Crippen molar-refractivity contribution in [1.82, 2.24) is 0 Å². The van der Waals surface area contributed by atoms with Gasteiger partial charge >= 0.3 is 0 Å². The van der Waals surface area contributed by atoms with Gasteiger partial charge in [0, 0.05) is 17.7 Å². The maximum Gasteiger partial charge on any atom is 0.269 e. The number of benzene rings is 2. The molecular formula is C14H13NO6S2. The number of non-ortho nitro benzene ring substituents is 1. The fraction of sp³-hybridized carbons (Fsp3) is 0.143. The standard InChI is InChI=1S/C14H13NO6S2/c16-15(17)10-6-7-13-12(8-10)14(9-22(13,18)19)23(20,21)11-4-2-1-3-5-11/h1-8,14,18-19H,9H2. The van der Waals surface area contributed by atoms with E-state index in [1.165, 1.54) is 18.2 Å². The summed E-state index contributed by atoms with van der Waals surface area (Å²) in [5.41, 5.74) is -0.197. The summed E-state index contributed by atoms with van der Waals surface area (Å²) in [5, 5.41) is 9.71. The van der Waals surface area contributed by atoms with E-state index in [2.05, 4.69) is 0 Å². The van der Waals surface area contributed by atoms with Gasteiger partial charge in [-0.1, -0.05) is 18.2 Å². The molecule has 0 bridgehead atoms. The van der Waals surface area contributed by atoms with Gasteiger partial charge in [-0.2, -0.15) is 10.6 Å². The highest BCUT2D eigenvalue weighted by molar-refractivity contribution is 8.25. The highest BCUT2D eigenvalue weighted by Gasteiger charge is 2.43. The minimum absolute atomic E-state index is 0.0413. The molecule has 0 saturated heterocycles. The average Bonchev–Trinajstić information content (AvgIpc) is 2.80. The van der Waals surface area contributed by atoms with Gasteiger partial charge < -0.3 is 0 Å². The molecule has 23 heavy (non-hydrogen) atoms. The maximum absolute atomic E-state index is 12.8. The van der Waals surface area contributed by atoms with Crippen LogP contribution in [-0.2, 0) is 9.84 Å². The van der Waals surface area contributed by atoms with Crippen LogP contribution < -0.4 is 0 Å². The van der Waals surface area contributed by atoms with Gasteiger partial charge in [-0.25, -0.2) is 8.42 Å².